The maximum atomic E-state index is 10.9. The van der Waals surface area contributed by atoms with Crippen molar-refractivity contribution in [3.63, 3.8) is 0 Å². The molecule has 0 radical (unpaired) electrons. The minimum atomic E-state index is 0.0613. The molecule has 42 heavy (non-hydrogen) atoms. The number of nitrogens with zero attached hydrogens (tertiary/aromatic N) is 4. The second-order valence-corrected chi connectivity index (χ2v) is 12.6. The Labute approximate surface area is 256 Å². The minimum absolute atomic E-state index is 0.0613. The third-order valence-corrected chi connectivity index (χ3v) is 10.3. The van der Waals surface area contributed by atoms with Crippen LogP contribution in [0.15, 0.2) is 34.3 Å². The Kier molecular flexibility index (Phi) is 12.2. The van der Waals surface area contributed by atoms with Crippen LogP contribution in [0.4, 0.5) is 0 Å². The average molecular weight is 579 g/mol. The fourth-order valence-electron chi connectivity index (χ4n) is 6.73. The van der Waals surface area contributed by atoms with E-state index in [-0.39, 0.29) is 12.1 Å². The van der Waals surface area contributed by atoms with Crippen LogP contribution in [0.25, 0.3) is 0 Å². The maximum Gasteiger partial charge on any atom is 0.127 e. The van der Waals surface area contributed by atoms with Crippen molar-refractivity contribution in [2.24, 2.45) is 9.98 Å². The quantitative estimate of drug-likeness (QED) is 0.182. The summed E-state index contributed by atoms with van der Waals surface area (Å²) in [6.45, 7) is 26.0. The summed E-state index contributed by atoms with van der Waals surface area (Å²) in [6, 6.07) is 8.61. The zero-order chi connectivity index (χ0) is 30.9. The Bertz CT molecular complexity index is 1120. The Morgan fingerprint density at radius 2 is 0.952 bits per heavy atom. The summed E-state index contributed by atoms with van der Waals surface area (Å²) in [7, 11) is 0. The lowest BCUT2D eigenvalue weighted by atomic mass is 9.91. The van der Waals surface area contributed by atoms with Crippen LogP contribution in [-0.2, 0) is 13.1 Å². The van der Waals surface area contributed by atoms with Crippen molar-refractivity contribution in [3.8, 4) is 11.5 Å². The van der Waals surface area contributed by atoms with Crippen LogP contribution >= 0.6 is 0 Å². The fraction of sp³-hybridized carbons (Fsp3) is 0.611. The normalized spacial score (nSPS) is 18.4. The number of quaternary nitrogens is 2. The van der Waals surface area contributed by atoms with Gasteiger partial charge in [-0.05, 0) is 104 Å². The summed E-state index contributed by atoms with van der Waals surface area (Å²) in [5.74, 6) is 0.637. The molecule has 0 aromatic heterocycles. The highest BCUT2D eigenvalue weighted by molar-refractivity contribution is 5.85. The lowest BCUT2D eigenvalue weighted by Crippen LogP contribution is -2.46. The zero-order valence-electron chi connectivity index (χ0n) is 27.8. The zero-order valence-corrected chi connectivity index (χ0v) is 27.8. The third-order valence-electron chi connectivity index (χ3n) is 10.3. The second-order valence-electron chi connectivity index (χ2n) is 12.6. The molecule has 1 aliphatic carbocycles. The van der Waals surface area contributed by atoms with E-state index in [0.717, 1.165) is 109 Å². The first-order chi connectivity index (χ1) is 20.1. The van der Waals surface area contributed by atoms with Gasteiger partial charge in [-0.2, -0.15) is 0 Å². The van der Waals surface area contributed by atoms with Crippen LogP contribution < -0.4 is 0 Å². The van der Waals surface area contributed by atoms with E-state index in [1.807, 2.05) is 26.3 Å². The van der Waals surface area contributed by atoms with Crippen molar-refractivity contribution in [2.45, 2.75) is 106 Å². The molecule has 2 N–H and O–H groups in total. The Balaban J connectivity index is 1.85. The summed E-state index contributed by atoms with van der Waals surface area (Å²) < 4.78 is 2.06. The highest BCUT2D eigenvalue weighted by Gasteiger charge is 2.26. The van der Waals surface area contributed by atoms with Crippen molar-refractivity contribution >= 4 is 12.4 Å². The molecule has 1 saturated carbocycles. The Morgan fingerprint density at radius 1 is 0.619 bits per heavy atom. The Hall–Kier alpha value is -2.70. The van der Waals surface area contributed by atoms with Crippen molar-refractivity contribution in [1.82, 2.24) is 0 Å². The smallest absolute Gasteiger partial charge is 0.127 e. The molecule has 2 aromatic carbocycles. The molecule has 2 atom stereocenters. The number of phenols is 2. The van der Waals surface area contributed by atoms with Gasteiger partial charge in [0.2, 0.25) is 0 Å². The molecule has 1 aliphatic rings. The van der Waals surface area contributed by atoms with Crippen LogP contribution in [0.1, 0.15) is 101 Å². The van der Waals surface area contributed by atoms with E-state index in [1.54, 1.807) is 0 Å². The summed E-state index contributed by atoms with van der Waals surface area (Å²) >= 11 is 0. The highest BCUT2D eigenvalue weighted by Crippen LogP contribution is 2.29. The van der Waals surface area contributed by atoms with Gasteiger partial charge in [-0.15, -0.1) is 0 Å². The van der Waals surface area contributed by atoms with E-state index in [9.17, 15) is 10.2 Å². The molecule has 0 spiro atoms. The summed E-state index contributed by atoms with van der Waals surface area (Å²) in [6.07, 6.45) is 7.98. The first kappa shape index (κ1) is 33.8. The van der Waals surface area contributed by atoms with Gasteiger partial charge >= 0.3 is 0 Å². The monoisotopic (exact) mass is 578 g/mol. The maximum absolute atomic E-state index is 10.9. The van der Waals surface area contributed by atoms with E-state index in [2.05, 4.69) is 65.8 Å². The van der Waals surface area contributed by atoms with Gasteiger partial charge in [0.05, 0.1) is 51.4 Å². The molecule has 2 aromatic rings. The molecule has 0 aliphatic heterocycles. The first-order valence-electron chi connectivity index (χ1n) is 16.5. The molecule has 0 heterocycles. The van der Waals surface area contributed by atoms with Gasteiger partial charge in [0.15, 0.2) is 0 Å². The molecular formula is C36H58N4O2+2. The predicted octanol–water partition coefficient (Wildman–Crippen LogP) is 7.32. The molecule has 6 nitrogen and oxygen atoms in total. The highest BCUT2D eigenvalue weighted by atomic mass is 16.3. The number of aryl methyl sites for hydroxylation is 2. The molecule has 3 rings (SSSR count). The predicted molar refractivity (Wildman–Crippen MR) is 178 cm³/mol. The number of aliphatic imine (C=N–C) groups is 2. The van der Waals surface area contributed by atoms with Gasteiger partial charge in [0, 0.05) is 34.7 Å². The SMILES string of the molecule is CC[N+](CC)(CC)Cc1cc(C)c(O)c(/C=N/C2CCCC[C@H]2/N=C/c2cc(C[N+](CC)(CC)CC)cc(C)c2O)c1. The molecular weight excluding hydrogens is 520 g/mol. The van der Waals surface area contributed by atoms with Gasteiger partial charge in [0.25, 0.3) is 0 Å². The fourth-order valence-corrected chi connectivity index (χ4v) is 6.73. The van der Waals surface area contributed by atoms with Crippen molar-refractivity contribution in [2.75, 3.05) is 39.3 Å². The standard InChI is InChI=1S/C36H56N4O2/c1-9-39(10-2,11-3)25-29-19-27(7)35(41)31(21-29)23-37-33-17-15-16-18-34(33)38-24-32-22-30(20-28(8)36(32)42)26-40(12-4,13-5)14-6/h19-24,33-34H,9-18,25-26H2,1-8H3/p+2/t33-,34?/m1/s1. The largest absolute Gasteiger partial charge is 0.507 e. The Morgan fingerprint density at radius 3 is 1.26 bits per heavy atom. The number of hydrogen-bond donors (Lipinski definition) is 2. The van der Waals surface area contributed by atoms with Crippen LogP contribution in [0.3, 0.4) is 0 Å². The lowest BCUT2D eigenvalue weighted by Gasteiger charge is -2.36. The van der Waals surface area contributed by atoms with Crippen LogP contribution in [-0.4, -0.2) is 83.0 Å². The van der Waals surface area contributed by atoms with Crippen molar-refractivity contribution in [1.29, 1.82) is 0 Å². The minimum Gasteiger partial charge on any atom is -0.507 e. The van der Waals surface area contributed by atoms with Gasteiger partial charge in [-0.3, -0.25) is 9.98 Å². The van der Waals surface area contributed by atoms with E-state index < -0.39 is 0 Å². The average Bonchev–Trinajstić information content (AvgIpc) is 3.01. The molecule has 0 bridgehead atoms. The summed E-state index contributed by atoms with van der Waals surface area (Å²) in [4.78, 5) is 10.0. The molecule has 1 fully saturated rings. The van der Waals surface area contributed by atoms with Gasteiger partial charge < -0.3 is 19.2 Å². The molecule has 0 saturated heterocycles. The van der Waals surface area contributed by atoms with Gasteiger partial charge in [-0.25, -0.2) is 0 Å². The number of aromatic hydroxyl groups is 2. The van der Waals surface area contributed by atoms with E-state index >= 15 is 0 Å². The number of hydrogen-bond acceptors (Lipinski definition) is 4. The van der Waals surface area contributed by atoms with E-state index in [1.165, 1.54) is 11.1 Å². The topological polar surface area (TPSA) is 65.2 Å². The lowest BCUT2D eigenvalue weighted by molar-refractivity contribution is -0.936. The van der Waals surface area contributed by atoms with Crippen molar-refractivity contribution < 1.29 is 19.2 Å². The van der Waals surface area contributed by atoms with Gasteiger partial charge in [0.1, 0.15) is 24.6 Å². The molecule has 6 heteroatoms. The summed E-state index contributed by atoms with van der Waals surface area (Å²) in [5, 5.41) is 21.8. The summed E-state index contributed by atoms with van der Waals surface area (Å²) in [5.41, 5.74) is 5.89. The van der Waals surface area contributed by atoms with Crippen LogP contribution in [0, 0.1) is 13.8 Å². The van der Waals surface area contributed by atoms with Crippen LogP contribution in [0.2, 0.25) is 0 Å². The van der Waals surface area contributed by atoms with E-state index in [4.69, 9.17) is 9.98 Å². The van der Waals surface area contributed by atoms with Crippen molar-refractivity contribution in [3.05, 3.63) is 57.6 Å². The number of rotatable bonds is 14. The molecule has 1 unspecified atom stereocenters. The number of benzene rings is 2. The first-order valence-corrected chi connectivity index (χ1v) is 16.5. The van der Waals surface area contributed by atoms with Gasteiger partial charge in [-0.1, -0.05) is 12.8 Å². The third kappa shape index (κ3) is 8.02. The number of phenolic OH excluding ortho intramolecular Hbond substituents is 2. The molecule has 232 valence electrons. The second kappa shape index (κ2) is 15.2. The van der Waals surface area contributed by atoms with E-state index in [0.29, 0.717) is 11.5 Å². The molecule has 0 amide bonds. The van der Waals surface area contributed by atoms with Crippen LogP contribution in [0.5, 0.6) is 11.5 Å².